The summed E-state index contributed by atoms with van der Waals surface area (Å²) < 4.78 is 7.28. The van der Waals surface area contributed by atoms with Gasteiger partial charge in [0, 0.05) is 6.07 Å². The second-order valence-corrected chi connectivity index (χ2v) is 7.11. The minimum atomic E-state index is -0.958. The summed E-state index contributed by atoms with van der Waals surface area (Å²) in [5.74, 6) is 0.105. The lowest BCUT2D eigenvalue weighted by Gasteiger charge is -2.15. The maximum absolute atomic E-state index is 13.5. The number of rotatable bonds is 5. The molecule has 166 valence electrons. The third kappa shape index (κ3) is 3.98. The lowest BCUT2D eigenvalue weighted by Crippen LogP contribution is -2.52. The number of carbonyl (C=O) groups excluding carboxylic acids is 1. The van der Waals surface area contributed by atoms with Crippen molar-refractivity contribution in [3.63, 3.8) is 0 Å². The Bertz CT molecular complexity index is 1680. The van der Waals surface area contributed by atoms with Crippen molar-refractivity contribution in [2.75, 3.05) is 0 Å². The van der Waals surface area contributed by atoms with Crippen LogP contribution in [-0.2, 0) is 4.79 Å². The van der Waals surface area contributed by atoms with Crippen molar-refractivity contribution in [3.05, 3.63) is 110 Å². The number of hydrogen-bond donors (Lipinski definition) is 0. The van der Waals surface area contributed by atoms with E-state index in [1.54, 1.807) is 31.2 Å². The summed E-state index contributed by atoms with van der Waals surface area (Å²) in [5, 5.41) is 8.82. The van der Waals surface area contributed by atoms with Crippen LogP contribution in [0, 0.1) is 18.4 Å². The van der Waals surface area contributed by atoms with Crippen LogP contribution in [0.1, 0.15) is 5.56 Å². The van der Waals surface area contributed by atoms with E-state index in [-0.39, 0.29) is 28.5 Å². The number of aryl methyl sites for hydroxylation is 1. The van der Waals surface area contributed by atoms with Crippen LogP contribution in [0.15, 0.2) is 92.2 Å². The van der Waals surface area contributed by atoms with Crippen molar-refractivity contribution < 1.29 is 9.53 Å². The first-order valence-electron chi connectivity index (χ1n) is 9.87. The first kappa shape index (κ1) is 22.0. The van der Waals surface area contributed by atoms with Crippen LogP contribution in [0.5, 0.6) is 5.75 Å². The van der Waals surface area contributed by atoms with Crippen molar-refractivity contribution in [1.29, 1.82) is 5.26 Å². The van der Waals surface area contributed by atoms with E-state index in [4.69, 9.17) is 10.00 Å². The van der Waals surface area contributed by atoms with E-state index < -0.39 is 17.1 Å². The molecular weight excluding hydrogens is 438 g/mol. The molecule has 0 radical (unpaired) electrons. The van der Waals surface area contributed by atoms with Gasteiger partial charge in [-0.25, -0.2) is 32.9 Å². The first-order valence-corrected chi connectivity index (χ1v) is 9.87. The molecule has 0 saturated carbocycles. The molecule has 4 aromatic rings. The molecule has 0 aliphatic carbocycles. The minimum Gasteiger partial charge on any atom is -0.388 e. The summed E-state index contributed by atoms with van der Waals surface area (Å²) in [5.41, 5.74) is -1.39. The molecule has 10 nitrogen and oxygen atoms in total. The van der Waals surface area contributed by atoms with E-state index in [9.17, 15) is 19.2 Å². The van der Waals surface area contributed by atoms with Crippen LogP contribution in [-0.4, -0.2) is 19.8 Å². The summed E-state index contributed by atoms with van der Waals surface area (Å²) >= 11 is 0. The van der Waals surface area contributed by atoms with E-state index >= 15 is 0 Å². The Balaban J connectivity index is 2.14. The van der Waals surface area contributed by atoms with E-state index in [1.807, 2.05) is 0 Å². The molecule has 0 amide bonds. The summed E-state index contributed by atoms with van der Waals surface area (Å²) in [6, 6.07) is 18.3. The SMILES string of the molecule is Cc1cccc(-n2c(=O)n(-c3cccc(N=C=O)c3)c(=O)n(-c3cccc(OC#N)c3)c2=O)c1. The Labute approximate surface area is 191 Å². The topological polar surface area (TPSA) is 128 Å². The second-order valence-electron chi connectivity index (χ2n) is 7.11. The predicted molar refractivity (Wildman–Crippen MR) is 122 cm³/mol. The fraction of sp³-hybridized carbons (Fsp3) is 0.0417. The summed E-state index contributed by atoms with van der Waals surface area (Å²) in [7, 11) is 0. The third-order valence-corrected chi connectivity index (χ3v) is 4.91. The van der Waals surface area contributed by atoms with Crippen molar-refractivity contribution in [3.8, 4) is 29.1 Å². The number of aliphatic imine (C=N–C) groups is 1. The Morgan fingerprint density at radius 3 is 1.85 bits per heavy atom. The number of hydrogen-bond acceptors (Lipinski definition) is 7. The summed E-state index contributed by atoms with van der Waals surface area (Å²) in [4.78, 5) is 54.7. The van der Waals surface area contributed by atoms with Crippen LogP contribution < -0.4 is 21.8 Å². The molecule has 0 N–H and O–H groups in total. The van der Waals surface area contributed by atoms with Gasteiger partial charge in [-0.15, -0.1) is 5.26 Å². The molecule has 0 saturated heterocycles. The van der Waals surface area contributed by atoms with Crippen LogP contribution >= 0.6 is 0 Å². The number of benzene rings is 3. The number of ether oxygens (including phenoxy) is 1. The molecule has 0 fully saturated rings. The third-order valence-electron chi connectivity index (χ3n) is 4.91. The Kier molecular flexibility index (Phi) is 5.86. The van der Waals surface area contributed by atoms with Gasteiger partial charge in [-0.1, -0.05) is 24.3 Å². The van der Waals surface area contributed by atoms with E-state index in [1.165, 1.54) is 60.9 Å². The summed E-state index contributed by atoms with van der Waals surface area (Å²) in [6.07, 6.45) is 2.94. The predicted octanol–water partition coefficient (Wildman–Crippen LogP) is 2.27. The lowest BCUT2D eigenvalue weighted by molar-refractivity contribution is 0.506. The molecule has 0 atom stereocenters. The largest absolute Gasteiger partial charge is 0.388 e. The fourth-order valence-corrected chi connectivity index (χ4v) is 3.47. The molecule has 0 spiro atoms. The Morgan fingerprint density at radius 2 is 1.29 bits per heavy atom. The van der Waals surface area contributed by atoms with Gasteiger partial charge in [-0.2, -0.15) is 4.99 Å². The number of nitriles is 1. The van der Waals surface area contributed by atoms with Gasteiger partial charge in [0.1, 0.15) is 5.75 Å². The van der Waals surface area contributed by atoms with Crippen molar-refractivity contribution >= 4 is 11.8 Å². The van der Waals surface area contributed by atoms with E-state index in [0.717, 1.165) is 19.3 Å². The van der Waals surface area contributed by atoms with Gasteiger partial charge < -0.3 is 4.74 Å². The maximum atomic E-state index is 13.5. The average molecular weight is 453 g/mol. The quantitative estimate of drug-likeness (QED) is 0.259. The molecule has 1 heterocycles. The number of isocyanates is 1. The molecule has 10 heteroatoms. The standard InChI is InChI=1S/C24H15N5O5/c1-16-5-2-7-18(11-16)27-22(31)28(19-8-3-6-17(12-19)26-15-30)24(33)29(23(27)32)20-9-4-10-21(13-20)34-14-25/h2-13H,1H3. The average Bonchev–Trinajstić information content (AvgIpc) is 2.80. The van der Waals surface area contributed by atoms with Gasteiger partial charge in [0.15, 0.2) is 0 Å². The van der Waals surface area contributed by atoms with Gasteiger partial charge in [-0.3, -0.25) is 0 Å². The highest BCUT2D eigenvalue weighted by molar-refractivity contribution is 5.53. The zero-order chi connectivity index (χ0) is 24.2. The Hall–Kier alpha value is -5.26. The highest BCUT2D eigenvalue weighted by atomic mass is 16.5. The van der Waals surface area contributed by atoms with Crippen molar-refractivity contribution in [2.24, 2.45) is 4.99 Å². The van der Waals surface area contributed by atoms with Crippen LogP contribution in [0.3, 0.4) is 0 Å². The fourth-order valence-electron chi connectivity index (χ4n) is 3.47. The highest BCUT2D eigenvalue weighted by Crippen LogP contribution is 2.17. The van der Waals surface area contributed by atoms with Crippen LogP contribution in [0.25, 0.3) is 17.1 Å². The second kappa shape index (κ2) is 9.08. The van der Waals surface area contributed by atoms with Crippen molar-refractivity contribution in [1.82, 2.24) is 13.7 Å². The van der Waals surface area contributed by atoms with Crippen LogP contribution in [0.2, 0.25) is 0 Å². The van der Waals surface area contributed by atoms with Gasteiger partial charge in [-0.05, 0) is 55.0 Å². The first-order chi connectivity index (χ1) is 16.4. The van der Waals surface area contributed by atoms with E-state index in [0.29, 0.717) is 0 Å². The number of aromatic nitrogens is 3. The molecule has 0 aliphatic heterocycles. The molecule has 3 aromatic carbocycles. The zero-order valence-electron chi connectivity index (χ0n) is 17.7. The molecule has 4 rings (SSSR count). The molecule has 0 unspecified atom stereocenters. The molecule has 1 aromatic heterocycles. The summed E-state index contributed by atoms with van der Waals surface area (Å²) in [6.45, 7) is 1.80. The maximum Gasteiger partial charge on any atom is 0.345 e. The Morgan fingerprint density at radius 1 is 0.765 bits per heavy atom. The number of nitrogens with zero attached hydrogens (tertiary/aromatic N) is 5. The highest BCUT2D eigenvalue weighted by Gasteiger charge is 2.20. The minimum absolute atomic E-state index is 0.0833. The van der Waals surface area contributed by atoms with Gasteiger partial charge in [0.2, 0.25) is 6.08 Å². The van der Waals surface area contributed by atoms with Crippen molar-refractivity contribution in [2.45, 2.75) is 6.92 Å². The van der Waals surface area contributed by atoms with Gasteiger partial charge in [0.25, 0.3) is 6.26 Å². The smallest absolute Gasteiger partial charge is 0.345 e. The molecule has 0 bridgehead atoms. The van der Waals surface area contributed by atoms with Gasteiger partial charge in [0.05, 0.1) is 22.7 Å². The van der Waals surface area contributed by atoms with E-state index in [2.05, 4.69) is 4.99 Å². The zero-order valence-corrected chi connectivity index (χ0v) is 17.7. The van der Waals surface area contributed by atoms with Crippen LogP contribution in [0.4, 0.5) is 5.69 Å². The molecule has 0 aliphatic rings. The monoisotopic (exact) mass is 453 g/mol. The molecule has 34 heavy (non-hydrogen) atoms. The normalized spacial score (nSPS) is 10.2. The lowest BCUT2D eigenvalue weighted by atomic mass is 10.2. The molecular formula is C24H15N5O5. The van der Waals surface area contributed by atoms with Gasteiger partial charge >= 0.3 is 17.1 Å².